The van der Waals surface area contributed by atoms with Gasteiger partial charge >= 0.3 is 0 Å². The van der Waals surface area contributed by atoms with Gasteiger partial charge in [0.25, 0.3) is 5.91 Å². The largest absolute Gasteiger partial charge is 0.483 e. The second kappa shape index (κ2) is 6.28. The summed E-state index contributed by atoms with van der Waals surface area (Å²) < 4.78 is 7.43. The van der Waals surface area contributed by atoms with Gasteiger partial charge in [0.15, 0.2) is 17.6 Å². The summed E-state index contributed by atoms with van der Waals surface area (Å²) in [5, 5.41) is 10.8. The molecular formula is C17H15N7O2. The highest BCUT2D eigenvalue weighted by molar-refractivity contribution is 5.99. The lowest BCUT2D eigenvalue weighted by Gasteiger charge is -2.13. The van der Waals surface area contributed by atoms with Crippen LogP contribution in [0.2, 0.25) is 0 Å². The Morgan fingerprint density at radius 1 is 1.15 bits per heavy atom. The van der Waals surface area contributed by atoms with E-state index in [1.807, 2.05) is 31.2 Å². The molecule has 0 bridgehead atoms. The van der Waals surface area contributed by atoms with Gasteiger partial charge < -0.3 is 10.5 Å². The van der Waals surface area contributed by atoms with Crippen molar-refractivity contribution in [2.75, 3.05) is 0 Å². The molecule has 0 aliphatic carbocycles. The summed E-state index contributed by atoms with van der Waals surface area (Å²) in [6.07, 6.45) is 2.58. The number of ether oxygens (including phenoxy) is 1. The van der Waals surface area contributed by atoms with Crippen molar-refractivity contribution in [2.24, 2.45) is 5.73 Å². The number of hydrogen-bond acceptors (Lipinski definition) is 6. The van der Waals surface area contributed by atoms with E-state index in [1.165, 1.54) is 12.7 Å². The lowest BCUT2D eigenvalue weighted by atomic mass is 10.1. The molecule has 0 saturated heterocycles. The number of benzene rings is 1. The van der Waals surface area contributed by atoms with Crippen molar-refractivity contribution < 1.29 is 9.53 Å². The van der Waals surface area contributed by atoms with Gasteiger partial charge in [0, 0.05) is 5.56 Å². The maximum atomic E-state index is 11.5. The Morgan fingerprint density at radius 3 is 2.65 bits per heavy atom. The van der Waals surface area contributed by atoms with E-state index in [1.54, 1.807) is 16.6 Å². The first kappa shape index (κ1) is 15.8. The third kappa shape index (κ3) is 2.75. The van der Waals surface area contributed by atoms with Gasteiger partial charge in [-0.15, -0.1) is 0 Å². The van der Waals surface area contributed by atoms with Gasteiger partial charge in [0.2, 0.25) is 0 Å². The second-order valence-electron chi connectivity index (χ2n) is 5.65. The van der Waals surface area contributed by atoms with Crippen molar-refractivity contribution in [3.05, 3.63) is 60.4 Å². The third-order valence-electron chi connectivity index (χ3n) is 3.97. The van der Waals surface area contributed by atoms with E-state index >= 15 is 0 Å². The molecule has 130 valence electrons. The molecule has 0 aliphatic rings. The number of primary amides is 1. The highest BCUT2D eigenvalue weighted by Gasteiger charge is 2.14. The maximum absolute atomic E-state index is 11.5. The molecule has 0 fully saturated rings. The van der Waals surface area contributed by atoms with Gasteiger partial charge in [-0.1, -0.05) is 0 Å². The first-order chi connectivity index (χ1) is 12.6. The van der Waals surface area contributed by atoms with Gasteiger partial charge in [0.05, 0.1) is 11.3 Å². The molecule has 26 heavy (non-hydrogen) atoms. The van der Waals surface area contributed by atoms with Crippen molar-refractivity contribution in [3.8, 4) is 17.0 Å². The van der Waals surface area contributed by atoms with Gasteiger partial charge in [-0.2, -0.15) is 10.2 Å². The van der Waals surface area contributed by atoms with Crippen LogP contribution in [0.4, 0.5) is 0 Å². The van der Waals surface area contributed by atoms with E-state index < -0.39 is 5.91 Å². The highest BCUT2D eigenvalue weighted by atomic mass is 16.5. The van der Waals surface area contributed by atoms with E-state index in [4.69, 9.17) is 10.5 Å². The normalized spacial score (nSPS) is 12.2. The van der Waals surface area contributed by atoms with Gasteiger partial charge in [-0.25, -0.2) is 14.5 Å². The summed E-state index contributed by atoms with van der Waals surface area (Å²) in [4.78, 5) is 19.7. The van der Waals surface area contributed by atoms with E-state index in [0.29, 0.717) is 22.8 Å². The summed E-state index contributed by atoms with van der Waals surface area (Å²) in [7, 11) is 0. The SMILES string of the molecule is CC(Oc1ccc(-c2ccc(C(N)=O)c3ncnn23)cc1)c1ncn[nH]1. The average Bonchev–Trinajstić information content (AvgIpc) is 3.33. The standard InChI is InChI=1S/C17H15N7O2/c1-10(16-19-8-21-23-16)26-12-4-2-11(3-5-12)14-7-6-13(15(18)25)17-20-9-22-24(14)17/h2-10H,1H3,(H2,18,25)(H,19,21,23). The number of hydrogen-bond donors (Lipinski definition) is 2. The fraction of sp³-hybridized carbons (Fsp3) is 0.118. The molecule has 0 aliphatic heterocycles. The number of pyridine rings is 1. The predicted molar refractivity (Wildman–Crippen MR) is 92.4 cm³/mol. The van der Waals surface area contributed by atoms with Crippen molar-refractivity contribution >= 4 is 11.6 Å². The second-order valence-corrected chi connectivity index (χ2v) is 5.65. The minimum absolute atomic E-state index is 0.250. The molecule has 0 saturated carbocycles. The molecular weight excluding hydrogens is 334 g/mol. The molecule has 1 atom stereocenters. The number of fused-ring (bicyclic) bond motifs is 1. The third-order valence-corrected chi connectivity index (χ3v) is 3.97. The van der Waals surface area contributed by atoms with Gasteiger partial charge in [-0.05, 0) is 43.3 Å². The average molecular weight is 349 g/mol. The van der Waals surface area contributed by atoms with Crippen LogP contribution >= 0.6 is 0 Å². The summed E-state index contributed by atoms with van der Waals surface area (Å²) in [6, 6.07) is 11.0. The van der Waals surface area contributed by atoms with Crippen LogP contribution in [0.5, 0.6) is 5.75 Å². The molecule has 3 aromatic heterocycles. The van der Waals surface area contributed by atoms with Crippen LogP contribution in [-0.2, 0) is 0 Å². The number of aromatic amines is 1. The molecule has 1 aromatic carbocycles. The number of carbonyl (C=O) groups is 1. The molecule has 9 nitrogen and oxygen atoms in total. The molecule has 9 heteroatoms. The quantitative estimate of drug-likeness (QED) is 0.566. The number of nitrogens with zero attached hydrogens (tertiary/aromatic N) is 5. The number of amides is 1. The van der Waals surface area contributed by atoms with Crippen LogP contribution in [0.25, 0.3) is 16.9 Å². The van der Waals surface area contributed by atoms with Crippen LogP contribution in [0, 0.1) is 0 Å². The first-order valence-electron chi connectivity index (χ1n) is 7.88. The van der Waals surface area contributed by atoms with E-state index in [0.717, 1.165) is 11.3 Å². The van der Waals surface area contributed by atoms with Crippen LogP contribution in [0.3, 0.4) is 0 Å². The Hall–Kier alpha value is -3.75. The number of H-pyrrole nitrogens is 1. The number of carbonyl (C=O) groups excluding carboxylic acids is 1. The van der Waals surface area contributed by atoms with Crippen molar-refractivity contribution in [1.82, 2.24) is 29.8 Å². The minimum Gasteiger partial charge on any atom is -0.483 e. The van der Waals surface area contributed by atoms with Gasteiger partial charge in [-0.3, -0.25) is 9.89 Å². The van der Waals surface area contributed by atoms with Crippen LogP contribution < -0.4 is 10.5 Å². The van der Waals surface area contributed by atoms with Crippen LogP contribution in [-0.4, -0.2) is 35.7 Å². The Morgan fingerprint density at radius 2 is 1.96 bits per heavy atom. The smallest absolute Gasteiger partial charge is 0.252 e. The molecule has 1 unspecified atom stereocenters. The molecule has 3 heterocycles. The number of nitrogens with one attached hydrogen (secondary N) is 1. The zero-order chi connectivity index (χ0) is 18.1. The summed E-state index contributed by atoms with van der Waals surface area (Å²) >= 11 is 0. The molecule has 4 aromatic rings. The predicted octanol–water partition coefficient (Wildman–Crippen LogP) is 1.75. The van der Waals surface area contributed by atoms with E-state index in [9.17, 15) is 4.79 Å². The van der Waals surface area contributed by atoms with Crippen LogP contribution in [0.15, 0.2) is 49.1 Å². The Balaban J connectivity index is 1.63. The molecule has 0 radical (unpaired) electrons. The topological polar surface area (TPSA) is 124 Å². The lowest BCUT2D eigenvalue weighted by molar-refractivity contribution is 0.100. The van der Waals surface area contributed by atoms with Crippen molar-refractivity contribution in [1.29, 1.82) is 0 Å². The lowest BCUT2D eigenvalue weighted by Crippen LogP contribution is -2.13. The van der Waals surface area contributed by atoms with Crippen LogP contribution in [0.1, 0.15) is 29.2 Å². The highest BCUT2D eigenvalue weighted by Crippen LogP contribution is 2.26. The fourth-order valence-corrected chi connectivity index (χ4v) is 2.69. The first-order valence-corrected chi connectivity index (χ1v) is 7.88. The van der Waals surface area contributed by atoms with Crippen molar-refractivity contribution in [3.63, 3.8) is 0 Å². The molecule has 0 spiro atoms. The van der Waals surface area contributed by atoms with Crippen molar-refractivity contribution in [2.45, 2.75) is 13.0 Å². The monoisotopic (exact) mass is 349 g/mol. The van der Waals surface area contributed by atoms with Gasteiger partial charge in [0.1, 0.15) is 18.4 Å². The zero-order valence-corrected chi connectivity index (χ0v) is 13.8. The minimum atomic E-state index is -0.542. The summed E-state index contributed by atoms with van der Waals surface area (Å²) in [5.41, 5.74) is 7.83. The van der Waals surface area contributed by atoms with E-state index in [2.05, 4.69) is 25.3 Å². The Labute approximate surface area is 147 Å². The Bertz CT molecular complexity index is 1050. The molecule has 1 amide bonds. The summed E-state index contributed by atoms with van der Waals surface area (Å²) in [5.74, 6) is 0.807. The fourth-order valence-electron chi connectivity index (χ4n) is 2.69. The number of nitrogens with two attached hydrogens (primary N) is 1. The Kier molecular flexibility index (Phi) is 3.81. The molecule has 3 N–H and O–H groups in total. The summed E-state index contributed by atoms with van der Waals surface area (Å²) in [6.45, 7) is 1.88. The van der Waals surface area contributed by atoms with E-state index in [-0.39, 0.29) is 6.10 Å². The number of aromatic nitrogens is 6. The number of rotatable bonds is 5. The maximum Gasteiger partial charge on any atom is 0.252 e. The molecule has 4 rings (SSSR count). The zero-order valence-electron chi connectivity index (χ0n) is 13.8.